The van der Waals surface area contributed by atoms with Gasteiger partial charge in [0, 0.05) is 6.54 Å². The van der Waals surface area contributed by atoms with E-state index in [1.54, 1.807) is 30.3 Å². The van der Waals surface area contributed by atoms with E-state index < -0.39 is 5.97 Å². The number of benzene rings is 3. The second-order valence-electron chi connectivity index (χ2n) is 8.58. The number of fused-ring (bicyclic) bond motifs is 2. The number of ether oxygens (including phenoxy) is 2. The zero-order valence-electron chi connectivity index (χ0n) is 19.9. The van der Waals surface area contributed by atoms with Gasteiger partial charge >= 0.3 is 5.97 Å². The highest BCUT2D eigenvalue weighted by atomic mass is 16.5. The van der Waals surface area contributed by atoms with Gasteiger partial charge in [0.05, 0.1) is 29.0 Å². The number of amides is 2. The third kappa shape index (κ3) is 4.33. The quantitative estimate of drug-likeness (QED) is 0.200. The number of carbonyl (C=O) groups excluding carboxylic acids is 3. The number of aromatic nitrogens is 1. The van der Waals surface area contributed by atoms with Crippen molar-refractivity contribution < 1.29 is 28.4 Å². The number of imide groups is 1. The minimum absolute atomic E-state index is 0.0440. The minimum atomic E-state index is -0.545. The SMILES string of the molecule is Cc1noc(C)c1COc1cc2ccccc2cc1C(=O)OCCCN1C(=O)c2ccccc2C1=O. The summed E-state index contributed by atoms with van der Waals surface area (Å²) in [5, 5.41) is 5.74. The number of aryl methyl sites for hydroxylation is 2. The van der Waals surface area contributed by atoms with Crippen molar-refractivity contribution in [3.05, 3.63) is 94.4 Å². The van der Waals surface area contributed by atoms with Gasteiger partial charge in [0.1, 0.15) is 23.7 Å². The van der Waals surface area contributed by atoms with E-state index in [1.165, 1.54) is 4.90 Å². The first kappa shape index (κ1) is 23.3. The van der Waals surface area contributed by atoms with E-state index in [0.717, 1.165) is 22.0 Å². The molecule has 36 heavy (non-hydrogen) atoms. The van der Waals surface area contributed by atoms with Crippen LogP contribution in [0.2, 0.25) is 0 Å². The Balaban J connectivity index is 1.27. The molecule has 0 fully saturated rings. The van der Waals surface area contributed by atoms with Crippen LogP contribution in [0.1, 0.15) is 54.5 Å². The molecule has 8 heteroatoms. The molecule has 2 amide bonds. The third-order valence-corrected chi connectivity index (χ3v) is 6.26. The Morgan fingerprint density at radius 3 is 2.22 bits per heavy atom. The smallest absolute Gasteiger partial charge is 0.341 e. The normalized spacial score (nSPS) is 12.8. The van der Waals surface area contributed by atoms with E-state index in [0.29, 0.717) is 34.6 Å². The van der Waals surface area contributed by atoms with E-state index in [2.05, 4.69) is 5.16 Å². The third-order valence-electron chi connectivity index (χ3n) is 6.26. The molecule has 1 aromatic heterocycles. The number of hydrogen-bond acceptors (Lipinski definition) is 7. The first-order valence-electron chi connectivity index (χ1n) is 11.6. The molecule has 2 heterocycles. The molecule has 0 bridgehead atoms. The number of rotatable bonds is 8. The predicted molar refractivity (Wildman–Crippen MR) is 131 cm³/mol. The number of carbonyl (C=O) groups is 3. The van der Waals surface area contributed by atoms with Crippen molar-refractivity contribution >= 4 is 28.6 Å². The van der Waals surface area contributed by atoms with E-state index in [-0.39, 0.29) is 31.6 Å². The Hall–Kier alpha value is -4.46. The molecule has 0 spiro atoms. The van der Waals surface area contributed by atoms with Crippen LogP contribution in [-0.4, -0.2) is 41.0 Å². The molecule has 0 saturated carbocycles. The van der Waals surface area contributed by atoms with E-state index in [9.17, 15) is 14.4 Å². The van der Waals surface area contributed by atoms with E-state index in [1.807, 2.05) is 44.2 Å². The van der Waals surface area contributed by atoms with Crippen LogP contribution in [0.5, 0.6) is 5.75 Å². The standard InChI is InChI=1S/C28H24N2O6/c1-17-24(18(2)36-29-17)16-35-25-15-20-9-4-3-8-19(20)14-23(25)28(33)34-13-7-12-30-26(31)21-10-5-6-11-22(21)27(30)32/h3-6,8-11,14-15H,7,12-13,16H2,1-2H3. The van der Waals surface area contributed by atoms with Crippen molar-refractivity contribution in [3.63, 3.8) is 0 Å². The maximum atomic E-state index is 13.0. The van der Waals surface area contributed by atoms with Crippen LogP contribution >= 0.6 is 0 Å². The molecule has 4 aromatic rings. The van der Waals surface area contributed by atoms with Crippen LogP contribution in [0.25, 0.3) is 10.8 Å². The van der Waals surface area contributed by atoms with Crippen molar-refractivity contribution in [1.29, 1.82) is 0 Å². The van der Waals surface area contributed by atoms with Crippen molar-refractivity contribution in [2.45, 2.75) is 26.9 Å². The summed E-state index contributed by atoms with van der Waals surface area (Å²) in [6.45, 7) is 4.04. The number of hydrogen-bond donors (Lipinski definition) is 0. The summed E-state index contributed by atoms with van der Waals surface area (Å²) in [4.78, 5) is 39.2. The highest BCUT2D eigenvalue weighted by Gasteiger charge is 2.34. The average molecular weight is 485 g/mol. The molecule has 3 aromatic carbocycles. The molecule has 0 radical (unpaired) electrons. The largest absolute Gasteiger partial charge is 0.488 e. The van der Waals surface area contributed by atoms with Gasteiger partial charge in [-0.15, -0.1) is 0 Å². The fourth-order valence-electron chi connectivity index (χ4n) is 4.26. The Bertz CT molecular complexity index is 1430. The Morgan fingerprint density at radius 2 is 1.58 bits per heavy atom. The fourth-order valence-corrected chi connectivity index (χ4v) is 4.26. The lowest BCUT2D eigenvalue weighted by Gasteiger charge is -2.15. The molecular weight excluding hydrogens is 460 g/mol. The second kappa shape index (κ2) is 9.65. The van der Waals surface area contributed by atoms with Gasteiger partial charge in [0.2, 0.25) is 0 Å². The molecule has 0 aliphatic carbocycles. The van der Waals surface area contributed by atoms with Crippen molar-refractivity contribution in [2.75, 3.05) is 13.2 Å². The Morgan fingerprint density at radius 1 is 0.944 bits per heavy atom. The summed E-state index contributed by atoms with van der Waals surface area (Å²) in [5.41, 5.74) is 2.64. The first-order valence-corrected chi connectivity index (χ1v) is 11.6. The molecule has 8 nitrogen and oxygen atoms in total. The fraction of sp³-hybridized carbons (Fsp3) is 0.214. The van der Waals surface area contributed by atoms with Crippen LogP contribution in [0.15, 0.2) is 65.2 Å². The average Bonchev–Trinajstić information content (AvgIpc) is 3.34. The van der Waals surface area contributed by atoms with E-state index in [4.69, 9.17) is 14.0 Å². The van der Waals surface area contributed by atoms with Gasteiger partial charge in [0.25, 0.3) is 11.8 Å². The predicted octanol–water partition coefficient (Wildman–Crippen LogP) is 4.87. The molecule has 0 atom stereocenters. The lowest BCUT2D eigenvalue weighted by molar-refractivity contribution is 0.0478. The summed E-state index contributed by atoms with van der Waals surface area (Å²) < 4.78 is 16.7. The molecule has 0 unspecified atom stereocenters. The van der Waals surface area contributed by atoms with Gasteiger partial charge in [-0.05, 0) is 55.3 Å². The van der Waals surface area contributed by atoms with Gasteiger partial charge in [-0.1, -0.05) is 41.6 Å². The highest BCUT2D eigenvalue weighted by Crippen LogP contribution is 2.29. The molecule has 0 saturated heterocycles. The summed E-state index contributed by atoms with van der Waals surface area (Å²) in [5.74, 6) is -0.153. The molecule has 1 aliphatic heterocycles. The van der Waals surface area contributed by atoms with Gasteiger partial charge < -0.3 is 14.0 Å². The zero-order chi connectivity index (χ0) is 25.2. The van der Waals surface area contributed by atoms with Gasteiger partial charge in [-0.2, -0.15) is 0 Å². The summed E-state index contributed by atoms with van der Waals surface area (Å²) in [7, 11) is 0. The van der Waals surface area contributed by atoms with Crippen LogP contribution in [0.3, 0.4) is 0 Å². The lowest BCUT2D eigenvalue weighted by Crippen LogP contribution is -2.31. The second-order valence-corrected chi connectivity index (χ2v) is 8.58. The highest BCUT2D eigenvalue weighted by molar-refractivity contribution is 6.21. The van der Waals surface area contributed by atoms with Crippen molar-refractivity contribution in [1.82, 2.24) is 10.1 Å². The summed E-state index contributed by atoms with van der Waals surface area (Å²) in [6, 6.07) is 17.9. The van der Waals surface area contributed by atoms with Crippen LogP contribution in [0, 0.1) is 13.8 Å². The van der Waals surface area contributed by atoms with Gasteiger partial charge in [-0.3, -0.25) is 14.5 Å². The Labute approximate surface area is 207 Å². The molecule has 5 rings (SSSR count). The molecular formula is C28H24N2O6. The monoisotopic (exact) mass is 484 g/mol. The maximum Gasteiger partial charge on any atom is 0.341 e. The van der Waals surface area contributed by atoms with Gasteiger partial charge in [-0.25, -0.2) is 4.79 Å². The van der Waals surface area contributed by atoms with Crippen molar-refractivity contribution in [2.24, 2.45) is 0 Å². The van der Waals surface area contributed by atoms with Crippen molar-refractivity contribution in [3.8, 4) is 5.75 Å². The topological polar surface area (TPSA) is 98.9 Å². The summed E-state index contributed by atoms with van der Waals surface area (Å²) in [6.07, 6.45) is 0.320. The maximum absolute atomic E-state index is 13.0. The number of esters is 1. The lowest BCUT2D eigenvalue weighted by atomic mass is 10.1. The summed E-state index contributed by atoms with van der Waals surface area (Å²) >= 11 is 0. The van der Waals surface area contributed by atoms with Crippen LogP contribution in [-0.2, 0) is 11.3 Å². The molecule has 0 N–H and O–H groups in total. The van der Waals surface area contributed by atoms with Crippen LogP contribution in [0.4, 0.5) is 0 Å². The zero-order valence-corrected chi connectivity index (χ0v) is 19.9. The van der Waals surface area contributed by atoms with Crippen LogP contribution < -0.4 is 4.74 Å². The first-order chi connectivity index (χ1) is 17.4. The van der Waals surface area contributed by atoms with E-state index >= 15 is 0 Å². The molecule has 1 aliphatic rings. The number of nitrogens with zero attached hydrogens (tertiary/aromatic N) is 2. The minimum Gasteiger partial charge on any atom is -0.488 e. The van der Waals surface area contributed by atoms with Gasteiger partial charge in [0.15, 0.2) is 0 Å². The molecule has 182 valence electrons. The Kier molecular flexibility index (Phi) is 6.25.